The maximum atomic E-state index is 12.3. The highest BCUT2D eigenvalue weighted by Gasteiger charge is 2.32. The van der Waals surface area contributed by atoms with Crippen molar-refractivity contribution in [2.75, 3.05) is 5.32 Å². The van der Waals surface area contributed by atoms with Crippen molar-refractivity contribution in [3.05, 3.63) is 47.7 Å². The van der Waals surface area contributed by atoms with Gasteiger partial charge in [-0.3, -0.25) is 4.79 Å². The zero-order valence-corrected chi connectivity index (χ0v) is 10.8. The van der Waals surface area contributed by atoms with Crippen molar-refractivity contribution < 1.29 is 32.6 Å². The van der Waals surface area contributed by atoms with E-state index in [2.05, 4.69) is 15.0 Å². The van der Waals surface area contributed by atoms with Crippen LogP contribution in [0.15, 0.2) is 36.5 Å². The minimum absolute atomic E-state index is 0.0317. The number of aromatic amines is 1. The Morgan fingerprint density at radius 2 is 1.91 bits per heavy atom. The summed E-state index contributed by atoms with van der Waals surface area (Å²) in [7, 11) is 0. The highest BCUT2D eigenvalue weighted by molar-refractivity contribution is 6.06. The third-order valence-electron chi connectivity index (χ3n) is 2.54. The van der Waals surface area contributed by atoms with Gasteiger partial charge in [0.2, 0.25) is 0 Å². The summed E-state index contributed by atoms with van der Waals surface area (Å²) in [6.45, 7) is 0. The fourth-order valence-corrected chi connectivity index (χ4v) is 1.65. The van der Waals surface area contributed by atoms with E-state index in [0.29, 0.717) is 0 Å². The van der Waals surface area contributed by atoms with E-state index in [0.717, 1.165) is 24.4 Å². The van der Waals surface area contributed by atoms with Gasteiger partial charge in [0.1, 0.15) is 11.6 Å². The average Bonchev–Trinajstić information content (AvgIpc) is 2.86. The Kier molecular flexibility index (Phi) is 4.06. The highest BCUT2D eigenvalue weighted by atomic mass is 19.4. The molecule has 3 N–H and O–H groups in total. The molecule has 1 heterocycles. The SMILES string of the molecule is O=C(O)c1c[nH]c(NC(=O)c2ccccc2OC(F)(F)F)c1. The number of alkyl halides is 3. The van der Waals surface area contributed by atoms with Crippen molar-refractivity contribution in [3.8, 4) is 5.75 Å². The van der Waals surface area contributed by atoms with E-state index in [-0.39, 0.29) is 16.9 Å². The molecule has 6 nitrogen and oxygen atoms in total. The molecule has 0 saturated carbocycles. The van der Waals surface area contributed by atoms with Crippen LogP contribution in [0.2, 0.25) is 0 Å². The number of carbonyl (C=O) groups excluding carboxylic acids is 1. The molecule has 0 aliphatic rings. The quantitative estimate of drug-likeness (QED) is 0.809. The molecule has 0 spiro atoms. The van der Waals surface area contributed by atoms with Crippen LogP contribution < -0.4 is 10.1 Å². The van der Waals surface area contributed by atoms with E-state index >= 15 is 0 Å². The van der Waals surface area contributed by atoms with Gasteiger partial charge in [0.25, 0.3) is 5.91 Å². The Morgan fingerprint density at radius 3 is 2.50 bits per heavy atom. The van der Waals surface area contributed by atoms with Crippen LogP contribution in [0.4, 0.5) is 19.0 Å². The van der Waals surface area contributed by atoms with Gasteiger partial charge in [-0.1, -0.05) is 12.1 Å². The van der Waals surface area contributed by atoms with Crippen LogP contribution in [-0.4, -0.2) is 28.3 Å². The third kappa shape index (κ3) is 3.78. The molecular formula is C13H9F3N2O4. The number of aromatic nitrogens is 1. The maximum Gasteiger partial charge on any atom is 0.573 e. The van der Waals surface area contributed by atoms with Crippen molar-refractivity contribution in [2.45, 2.75) is 6.36 Å². The first-order valence-electron chi connectivity index (χ1n) is 5.84. The van der Waals surface area contributed by atoms with E-state index < -0.39 is 24.0 Å². The molecule has 1 aromatic heterocycles. The van der Waals surface area contributed by atoms with Gasteiger partial charge in [0.15, 0.2) is 0 Å². The molecule has 0 aliphatic heterocycles. The number of halogens is 3. The molecule has 0 radical (unpaired) electrons. The summed E-state index contributed by atoms with van der Waals surface area (Å²) in [6.07, 6.45) is -3.80. The summed E-state index contributed by atoms with van der Waals surface area (Å²) >= 11 is 0. The van der Waals surface area contributed by atoms with E-state index in [1.807, 2.05) is 0 Å². The van der Waals surface area contributed by atoms with Gasteiger partial charge < -0.3 is 20.1 Å². The molecule has 116 valence electrons. The number of carboxylic acids is 1. The van der Waals surface area contributed by atoms with Crippen LogP contribution >= 0.6 is 0 Å². The lowest BCUT2D eigenvalue weighted by Crippen LogP contribution is -2.20. The topological polar surface area (TPSA) is 91.4 Å². The molecule has 1 aromatic carbocycles. The number of para-hydroxylation sites is 1. The van der Waals surface area contributed by atoms with Gasteiger partial charge >= 0.3 is 12.3 Å². The Bertz CT molecular complexity index is 709. The molecule has 0 fully saturated rings. The van der Waals surface area contributed by atoms with Gasteiger partial charge in [-0.25, -0.2) is 4.79 Å². The summed E-state index contributed by atoms with van der Waals surface area (Å²) in [6, 6.07) is 5.94. The number of hydrogen-bond acceptors (Lipinski definition) is 3. The van der Waals surface area contributed by atoms with Crippen LogP contribution in [0.5, 0.6) is 5.75 Å². The number of aromatic carboxylic acids is 1. The smallest absolute Gasteiger partial charge is 0.478 e. The minimum atomic E-state index is -4.93. The van der Waals surface area contributed by atoms with Crippen LogP contribution in [0, 0.1) is 0 Å². The number of ether oxygens (including phenoxy) is 1. The average molecular weight is 314 g/mol. The molecule has 1 amide bonds. The summed E-state index contributed by atoms with van der Waals surface area (Å²) in [5.74, 6) is -2.71. The van der Waals surface area contributed by atoms with E-state index in [9.17, 15) is 22.8 Å². The fraction of sp³-hybridized carbons (Fsp3) is 0.0769. The fourth-order valence-electron chi connectivity index (χ4n) is 1.65. The number of carboxylic acid groups (broad SMARTS) is 1. The summed E-state index contributed by atoms with van der Waals surface area (Å²) in [5.41, 5.74) is -0.443. The number of benzene rings is 1. The molecule has 0 aliphatic carbocycles. The third-order valence-corrected chi connectivity index (χ3v) is 2.54. The Balaban J connectivity index is 2.20. The number of anilines is 1. The number of nitrogens with one attached hydrogen (secondary N) is 2. The molecule has 0 atom stereocenters. The summed E-state index contributed by atoms with van der Waals surface area (Å²) in [4.78, 5) is 25.2. The monoisotopic (exact) mass is 314 g/mol. The Hall–Kier alpha value is -2.97. The lowest BCUT2D eigenvalue weighted by atomic mass is 10.2. The molecule has 2 rings (SSSR count). The predicted molar refractivity (Wildman–Crippen MR) is 68.8 cm³/mol. The second-order valence-corrected chi connectivity index (χ2v) is 4.11. The maximum absolute atomic E-state index is 12.3. The van der Waals surface area contributed by atoms with Crippen molar-refractivity contribution in [3.63, 3.8) is 0 Å². The Labute approximate surface area is 121 Å². The van der Waals surface area contributed by atoms with Gasteiger partial charge in [0.05, 0.1) is 11.1 Å². The largest absolute Gasteiger partial charge is 0.573 e. The lowest BCUT2D eigenvalue weighted by molar-refractivity contribution is -0.274. The van der Waals surface area contributed by atoms with Crippen LogP contribution in [0.1, 0.15) is 20.7 Å². The Morgan fingerprint density at radius 1 is 1.23 bits per heavy atom. The van der Waals surface area contributed by atoms with Crippen molar-refractivity contribution in [2.24, 2.45) is 0 Å². The van der Waals surface area contributed by atoms with Gasteiger partial charge in [0, 0.05) is 6.20 Å². The standard InChI is InChI=1S/C13H9F3N2O4/c14-13(15,16)22-9-4-2-1-3-8(9)11(19)18-10-5-7(6-17-10)12(20)21/h1-6,17H,(H,18,19)(H,20,21). The molecule has 22 heavy (non-hydrogen) atoms. The van der Waals surface area contributed by atoms with E-state index in [1.165, 1.54) is 12.1 Å². The van der Waals surface area contributed by atoms with Gasteiger partial charge in [-0.2, -0.15) is 0 Å². The first kappa shape index (κ1) is 15.4. The van der Waals surface area contributed by atoms with Crippen molar-refractivity contribution in [1.29, 1.82) is 0 Å². The van der Waals surface area contributed by atoms with Crippen molar-refractivity contribution in [1.82, 2.24) is 4.98 Å². The highest BCUT2D eigenvalue weighted by Crippen LogP contribution is 2.26. The van der Waals surface area contributed by atoms with Crippen LogP contribution in [0.25, 0.3) is 0 Å². The lowest BCUT2D eigenvalue weighted by Gasteiger charge is -2.12. The summed E-state index contributed by atoms with van der Waals surface area (Å²) < 4.78 is 40.6. The van der Waals surface area contributed by atoms with E-state index in [4.69, 9.17) is 5.11 Å². The van der Waals surface area contributed by atoms with Crippen molar-refractivity contribution >= 4 is 17.7 Å². The zero-order chi connectivity index (χ0) is 16.3. The second kappa shape index (κ2) is 5.80. The molecule has 9 heteroatoms. The number of H-pyrrole nitrogens is 1. The first-order valence-corrected chi connectivity index (χ1v) is 5.84. The first-order chi connectivity index (χ1) is 10.3. The number of carbonyl (C=O) groups is 2. The molecule has 2 aromatic rings. The normalized spacial score (nSPS) is 11.0. The molecule has 0 unspecified atom stereocenters. The predicted octanol–water partition coefficient (Wildman–Crippen LogP) is 2.86. The van der Waals surface area contributed by atoms with Crippen LogP contribution in [0.3, 0.4) is 0 Å². The molecule has 0 bridgehead atoms. The van der Waals surface area contributed by atoms with Gasteiger partial charge in [-0.05, 0) is 18.2 Å². The minimum Gasteiger partial charge on any atom is -0.478 e. The summed E-state index contributed by atoms with van der Waals surface area (Å²) in [5, 5.41) is 11.0. The number of hydrogen-bond donors (Lipinski definition) is 3. The molecule has 0 saturated heterocycles. The second-order valence-electron chi connectivity index (χ2n) is 4.11. The van der Waals surface area contributed by atoms with Crippen LogP contribution in [-0.2, 0) is 0 Å². The number of rotatable bonds is 4. The van der Waals surface area contributed by atoms with Gasteiger partial charge in [-0.15, -0.1) is 13.2 Å². The number of amides is 1. The molecular weight excluding hydrogens is 305 g/mol. The van der Waals surface area contributed by atoms with E-state index in [1.54, 1.807) is 0 Å². The zero-order valence-electron chi connectivity index (χ0n) is 10.8.